The van der Waals surface area contributed by atoms with Crippen molar-refractivity contribution in [3.63, 3.8) is 0 Å². The second kappa shape index (κ2) is 8.91. The molecule has 0 bridgehead atoms. The van der Waals surface area contributed by atoms with Gasteiger partial charge in [-0.2, -0.15) is 0 Å². The van der Waals surface area contributed by atoms with Gasteiger partial charge >= 0.3 is 0 Å². The molecule has 1 aromatic heterocycles. The van der Waals surface area contributed by atoms with Crippen LogP contribution in [0.5, 0.6) is 11.5 Å². The molecule has 1 N–H and O–H groups in total. The van der Waals surface area contributed by atoms with Crippen LogP contribution in [0.25, 0.3) is 11.1 Å². The van der Waals surface area contributed by atoms with Crippen molar-refractivity contribution < 1.29 is 13.9 Å². The monoisotopic (exact) mass is 420 g/mol. The fraction of sp³-hybridized carbons (Fsp3) is 0.500. The van der Waals surface area contributed by atoms with Gasteiger partial charge in [-0.05, 0) is 92.8 Å². The van der Waals surface area contributed by atoms with Crippen molar-refractivity contribution in [3.05, 3.63) is 53.4 Å². The maximum Gasteiger partial charge on any atom is 0.195 e. The molecule has 0 spiro atoms. The lowest BCUT2D eigenvalue weighted by molar-refractivity contribution is 0.200. The Kier molecular flexibility index (Phi) is 5.86. The van der Waals surface area contributed by atoms with Crippen LogP contribution in [-0.2, 0) is 6.42 Å². The fourth-order valence-electron chi connectivity index (χ4n) is 5.08. The van der Waals surface area contributed by atoms with E-state index in [1.165, 1.54) is 24.0 Å². The minimum atomic E-state index is 0.323. The van der Waals surface area contributed by atoms with Crippen molar-refractivity contribution in [1.29, 1.82) is 0 Å². The second-order valence-corrected chi connectivity index (χ2v) is 9.17. The van der Waals surface area contributed by atoms with Gasteiger partial charge < -0.3 is 19.2 Å². The second-order valence-electron chi connectivity index (χ2n) is 9.17. The number of nitrogens with one attached hydrogen (secondary N) is 1. The maximum atomic E-state index is 6.32. The first-order chi connectivity index (χ1) is 15.2. The van der Waals surface area contributed by atoms with Gasteiger partial charge in [0.05, 0.1) is 13.2 Å². The Labute approximate surface area is 184 Å². The minimum Gasteiger partial charge on any atom is -0.493 e. The molecule has 2 heterocycles. The largest absolute Gasteiger partial charge is 0.493 e. The summed E-state index contributed by atoms with van der Waals surface area (Å²) < 4.78 is 17.9. The first-order valence-electron chi connectivity index (χ1n) is 11.6. The highest BCUT2D eigenvalue weighted by molar-refractivity contribution is 5.73. The van der Waals surface area contributed by atoms with Crippen molar-refractivity contribution in [3.8, 4) is 11.5 Å². The predicted octanol–water partition coefficient (Wildman–Crippen LogP) is 5.40. The summed E-state index contributed by atoms with van der Waals surface area (Å²) in [5.74, 6) is 3.51. The van der Waals surface area contributed by atoms with Crippen LogP contribution in [0, 0.1) is 12.8 Å². The van der Waals surface area contributed by atoms with E-state index >= 15 is 0 Å². The Balaban J connectivity index is 1.30. The third-order valence-corrected chi connectivity index (χ3v) is 6.75. The summed E-state index contributed by atoms with van der Waals surface area (Å²) >= 11 is 0. The molecule has 5 heteroatoms. The van der Waals surface area contributed by atoms with E-state index in [1.54, 1.807) is 7.11 Å². The van der Waals surface area contributed by atoms with Crippen LogP contribution in [0.15, 0.2) is 40.8 Å². The molecule has 5 rings (SSSR count). The van der Waals surface area contributed by atoms with Crippen LogP contribution in [0.2, 0.25) is 0 Å². The zero-order chi connectivity index (χ0) is 21.2. The van der Waals surface area contributed by atoms with E-state index in [1.807, 2.05) is 6.07 Å². The number of nitrogens with zero attached hydrogens (tertiary/aromatic N) is 1. The number of piperidine rings is 1. The summed E-state index contributed by atoms with van der Waals surface area (Å²) in [7, 11) is 1.72. The lowest BCUT2D eigenvalue weighted by Crippen LogP contribution is -2.36. The molecule has 1 saturated carbocycles. The van der Waals surface area contributed by atoms with E-state index in [0.717, 1.165) is 67.3 Å². The molecule has 31 heavy (non-hydrogen) atoms. The topological polar surface area (TPSA) is 56.5 Å². The van der Waals surface area contributed by atoms with Crippen LogP contribution in [0.1, 0.15) is 55.0 Å². The number of fused-ring (bicyclic) bond motifs is 1. The van der Waals surface area contributed by atoms with Gasteiger partial charge in [-0.15, -0.1) is 0 Å². The van der Waals surface area contributed by atoms with Gasteiger partial charge in [-0.3, -0.25) is 0 Å². The lowest BCUT2D eigenvalue weighted by atomic mass is 9.84. The number of benzene rings is 2. The Morgan fingerprint density at radius 1 is 1.06 bits per heavy atom. The van der Waals surface area contributed by atoms with Crippen LogP contribution >= 0.6 is 0 Å². The number of aryl methyl sites for hydroxylation is 1. The highest BCUT2D eigenvalue weighted by Gasteiger charge is 2.26. The van der Waals surface area contributed by atoms with E-state index in [9.17, 15) is 0 Å². The SMILES string of the molecule is COc1ccc([C@H]2CNC[C@H](Cc3nc4ccc(C)cc4o3)C2)cc1OC1CCCC1. The van der Waals surface area contributed by atoms with Crippen molar-refractivity contribution in [2.24, 2.45) is 5.92 Å². The Bertz CT molecular complexity index is 1040. The Morgan fingerprint density at radius 3 is 2.77 bits per heavy atom. The molecular formula is C26H32N2O3. The average Bonchev–Trinajstić information content (AvgIpc) is 3.43. The molecule has 0 unspecified atom stereocenters. The summed E-state index contributed by atoms with van der Waals surface area (Å²) in [5, 5.41) is 3.63. The molecular weight excluding hydrogens is 388 g/mol. The van der Waals surface area contributed by atoms with Crippen LogP contribution in [0.4, 0.5) is 0 Å². The third kappa shape index (κ3) is 4.57. The van der Waals surface area contributed by atoms with Gasteiger partial charge in [0.15, 0.2) is 23.0 Å². The molecule has 164 valence electrons. The minimum absolute atomic E-state index is 0.323. The number of aromatic nitrogens is 1. The molecule has 2 aliphatic rings. The van der Waals surface area contributed by atoms with Crippen LogP contribution < -0.4 is 14.8 Å². The molecule has 2 atom stereocenters. The molecule has 2 fully saturated rings. The smallest absolute Gasteiger partial charge is 0.195 e. The van der Waals surface area contributed by atoms with Gasteiger partial charge in [-0.1, -0.05) is 12.1 Å². The highest BCUT2D eigenvalue weighted by Crippen LogP contribution is 2.37. The van der Waals surface area contributed by atoms with Gasteiger partial charge in [0.2, 0.25) is 0 Å². The first-order valence-corrected chi connectivity index (χ1v) is 11.6. The van der Waals surface area contributed by atoms with Crippen LogP contribution in [0.3, 0.4) is 0 Å². The summed E-state index contributed by atoms with van der Waals surface area (Å²) in [6.07, 6.45) is 7.10. The highest BCUT2D eigenvalue weighted by atomic mass is 16.5. The Morgan fingerprint density at radius 2 is 1.94 bits per heavy atom. The van der Waals surface area contributed by atoms with E-state index < -0.39 is 0 Å². The molecule has 1 aliphatic heterocycles. The normalized spacial score (nSPS) is 22.1. The Hall–Kier alpha value is -2.53. The van der Waals surface area contributed by atoms with Crippen molar-refractivity contribution in [1.82, 2.24) is 10.3 Å². The third-order valence-electron chi connectivity index (χ3n) is 6.75. The van der Waals surface area contributed by atoms with E-state index in [-0.39, 0.29) is 0 Å². The summed E-state index contributed by atoms with van der Waals surface area (Å²) in [6.45, 7) is 4.06. The molecule has 2 aromatic carbocycles. The number of rotatable bonds is 6. The number of hydrogen-bond donors (Lipinski definition) is 1. The number of oxazole rings is 1. The van der Waals surface area contributed by atoms with E-state index in [0.29, 0.717) is 17.9 Å². The number of methoxy groups -OCH3 is 1. The van der Waals surface area contributed by atoms with Gasteiger partial charge in [-0.25, -0.2) is 4.98 Å². The lowest BCUT2D eigenvalue weighted by Gasteiger charge is -2.30. The molecule has 5 nitrogen and oxygen atoms in total. The fourth-order valence-corrected chi connectivity index (χ4v) is 5.08. The first kappa shape index (κ1) is 20.4. The molecule has 3 aromatic rings. The van der Waals surface area contributed by atoms with Gasteiger partial charge in [0, 0.05) is 13.0 Å². The van der Waals surface area contributed by atoms with Crippen LogP contribution in [-0.4, -0.2) is 31.3 Å². The van der Waals surface area contributed by atoms with Gasteiger partial charge in [0.1, 0.15) is 5.52 Å². The maximum absolute atomic E-state index is 6.32. The summed E-state index contributed by atoms with van der Waals surface area (Å²) in [6, 6.07) is 12.7. The van der Waals surface area contributed by atoms with E-state index in [2.05, 4.69) is 42.6 Å². The summed E-state index contributed by atoms with van der Waals surface area (Å²) in [5.41, 5.74) is 4.35. The van der Waals surface area contributed by atoms with Crippen molar-refractivity contribution in [2.45, 2.75) is 57.5 Å². The predicted molar refractivity (Wildman–Crippen MR) is 122 cm³/mol. The zero-order valence-electron chi connectivity index (χ0n) is 18.5. The molecule has 0 amide bonds. The van der Waals surface area contributed by atoms with E-state index in [4.69, 9.17) is 18.9 Å². The van der Waals surface area contributed by atoms with Crippen molar-refractivity contribution >= 4 is 11.1 Å². The van der Waals surface area contributed by atoms with Gasteiger partial charge in [0.25, 0.3) is 0 Å². The zero-order valence-corrected chi connectivity index (χ0v) is 18.5. The quantitative estimate of drug-likeness (QED) is 0.578. The summed E-state index contributed by atoms with van der Waals surface area (Å²) in [4.78, 5) is 4.71. The number of ether oxygens (including phenoxy) is 2. The average molecular weight is 421 g/mol. The van der Waals surface area contributed by atoms with Crippen molar-refractivity contribution in [2.75, 3.05) is 20.2 Å². The standard InChI is InChI=1S/C26H32N2O3/c1-17-7-9-22-24(11-17)31-26(28-22)13-18-12-20(16-27-15-18)19-8-10-23(29-2)25(14-19)30-21-5-3-4-6-21/h7-11,14,18,20-21,27H,3-6,12-13,15-16H2,1-2H3/t18-,20+/m0/s1. The molecule has 1 aliphatic carbocycles. The molecule has 0 radical (unpaired) electrons. The number of hydrogen-bond acceptors (Lipinski definition) is 5. The molecule has 1 saturated heterocycles.